The molecule has 0 radical (unpaired) electrons. The van der Waals surface area contributed by atoms with Crippen molar-refractivity contribution in [2.75, 3.05) is 25.6 Å². The summed E-state index contributed by atoms with van der Waals surface area (Å²) < 4.78 is 17.4. The fourth-order valence-corrected chi connectivity index (χ4v) is 19.3. The summed E-state index contributed by atoms with van der Waals surface area (Å²) in [6.07, 6.45) is 19.2. The molecule has 0 aromatic rings. The zero-order valence-corrected chi connectivity index (χ0v) is 23.9. The average molecular weight is 505 g/mol. The Morgan fingerprint density at radius 2 is 0.966 bits per heavy atom. The van der Waals surface area contributed by atoms with Gasteiger partial charge in [0.25, 0.3) is 0 Å². The fraction of sp³-hybridized carbons (Fsp3) is 1.00. The molecule has 0 heterocycles. The Morgan fingerprint density at radius 3 is 1.21 bits per heavy atom. The number of thiol groups is 2. The molecule has 29 heavy (non-hydrogen) atoms. The smallest absolute Gasteiger partial charge is 0.366 e. The Balaban J connectivity index is 0.000000571. The van der Waals surface area contributed by atoms with E-state index in [1.165, 1.54) is 83.5 Å². The molecule has 1 rings (SSSR count). The van der Waals surface area contributed by atoms with E-state index in [9.17, 15) is 0 Å². The Morgan fingerprint density at radius 1 is 0.655 bits per heavy atom. The van der Waals surface area contributed by atoms with Gasteiger partial charge in [-0.05, 0) is 37.0 Å². The van der Waals surface area contributed by atoms with Crippen LogP contribution in [0.4, 0.5) is 0 Å². The lowest BCUT2D eigenvalue weighted by molar-refractivity contribution is 0.0969. The second-order valence-corrected chi connectivity index (χ2v) is 21.2. The second-order valence-electron chi connectivity index (χ2n) is 7.23. The highest BCUT2D eigenvalue weighted by Crippen LogP contribution is 2.59. The van der Waals surface area contributed by atoms with E-state index in [1.54, 1.807) is 9.83 Å². The summed E-state index contributed by atoms with van der Waals surface area (Å²) >= 11 is 4.68. The van der Waals surface area contributed by atoms with Gasteiger partial charge < -0.3 is 13.3 Å². The molecule has 1 aliphatic carbocycles. The van der Waals surface area contributed by atoms with E-state index in [-0.39, 0.29) is 0 Å². The van der Waals surface area contributed by atoms with E-state index in [1.807, 2.05) is 31.6 Å². The normalized spacial score (nSPS) is 18.7. The third-order valence-corrected chi connectivity index (χ3v) is 21.9. The lowest BCUT2D eigenvalue weighted by atomic mass is 10.0. The van der Waals surface area contributed by atoms with Gasteiger partial charge in [0.15, 0.2) is 0 Å². The number of rotatable bonds is 11. The summed E-state index contributed by atoms with van der Waals surface area (Å²) in [6, 6.07) is 0. The summed E-state index contributed by atoms with van der Waals surface area (Å²) in [7, 11) is 0.301. The van der Waals surface area contributed by atoms with Crippen LogP contribution in [0.1, 0.15) is 111 Å². The van der Waals surface area contributed by atoms with Crippen LogP contribution in [-0.2, 0) is 13.3 Å². The van der Waals surface area contributed by atoms with Crippen molar-refractivity contribution in [2.24, 2.45) is 0 Å². The van der Waals surface area contributed by atoms with Gasteiger partial charge >= 0.3 is 7.95 Å². The Labute approximate surface area is 197 Å². The molecule has 3 nitrogen and oxygen atoms in total. The number of hydrogen-bond donors (Lipinski definition) is 2. The molecule has 1 unspecified atom stereocenters. The molecule has 0 amide bonds. The van der Waals surface area contributed by atoms with Gasteiger partial charge in [-0.2, -0.15) is 0 Å². The first-order chi connectivity index (χ1) is 14.2. The summed E-state index contributed by atoms with van der Waals surface area (Å²) in [6.45, 7) is 9.94. The maximum Gasteiger partial charge on any atom is 0.572 e. The first-order valence-corrected chi connectivity index (χ1v) is 19.9. The van der Waals surface area contributed by atoms with Crippen molar-refractivity contribution in [2.45, 2.75) is 111 Å². The van der Waals surface area contributed by atoms with Crippen molar-refractivity contribution in [1.82, 2.24) is 0 Å². The van der Waals surface area contributed by atoms with Gasteiger partial charge in [0, 0.05) is 25.6 Å². The zero-order chi connectivity index (χ0) is 21.6. The van der Waals surface area contributed by atoms with Crippen molar-refractivity contribution >= 4 is 48.6 Å². The Bertz CT molecular complexity index is 281. The summed E-state index contributed by atoms with van der Waals surface area (Å²) in [4.78, 5) is 0. The zero-order valence-electron chi connectivity index (χ0n) is 19.5. The van der Waals surface area contributed by atoms with Gasteiger partial charge in [-0.1, -0.05) is 103 Å². The minimum absolute atomic E-state index is 0.616. The van der Waals surface area contributed by atoms with Crippen LogP contribution >= 0.6 is 40.7 Å². The predicted molar refractivity (Wildman–Crippen MR) is 144 cm³/mol. The molecule has 0 aromatic heterocycles. The molecule has 8 heteroatoms. The Kier molecular flexibility index (Phi) is 23.9. The molecule has 1 atom stereocenters. The molecule has 1 saturated carbocycles. The summed E-state index contributed by atoms with van der Waals surface area (Å²) in [5.74, 6) is 1.12. The molecule has 0 N–H and O–H groups in total. The second kappa shape index (κ2) is 22.7. The van der Waals surface area contributed by atoms with Crippen LogP contribution in [0.2, 0.25) is 0 Å². The van der Waals surface area contributed by atoms with E-state index >= 15 is 0 Å². The minimum Gasteiger partial charge on any atom is -0.366 e. The predicted octanol–water partition coefficient (Wildman–Crippen LogP) is 8.77. The first-order valence-electron chi connectivity index (χ1n) is 11.9. The molecule has 0 aliphatic heterocycles. The molecule has 0 spiro atoms. The maximum absolute atomic E-state index is 5.82. The minimum atomic E-state index is -2.58. The highest BCUT2D eigenvalue weighted by Gasteiger charge is 2.47. The first kappa shape index (κ1) is 30.5. The molecule has 1 fully saturated rings. The van der Waals surface area contributed by atoms with Crippen LogP contribution in [0.3, 0.4) is 0 Å². The highest BCUT2D eigenvalue weighted by molar-refractivity contribution is 9.35. The molecule has 0 aromatic carbocycles. The summed E-state index contributed by atoms with van der Waals surface area (Å²) in [5, 5.41) is 0. The molecule has 0 saturated heterocycles. The van der Waals surface area contributed by atoms with Gasteiger partial charge in [0.2, 0.25) is 0 Å². The van der Waals surface area contributed by atoms with Crippen molar-refractivity contribution in [3.8, 4) is 0 Å². The number of hydrogen-bond acceptors (Lipinski definition) is 6. The van der Waals surface area contributed by atoms with E-state index < -0.39 is 16.4 Å². The van der Waals surface area contributed by atoms with Crippen LogP contribution in [0.5, 0.6) is 0 Å². The van der Waals surface area contributed by atoms with Gasteiger partial charge in [0.1, 0.15) is 0 Å². The van der Waals surface area contributed by atoms with E-state index in [4.69, 9.17) is 13.3 Å². The van der Waals surface area contributed by atoms with Crippen LogP contribution in [-0.4, -0.2) is 33.5 Å². The standard InChI is InChI=1S/C12H24.C9H24O3S4Si/c1-2-4-6-8-10-12-11-9-7-5-3-1;1-5-9-14-15-16(13)17(10-6-2,11-7-3)12-8-4/h1-12H2;13,16H,5-9H2,1-4H3. The van der Waals surface area contributed by atoms with Crippen LogP contribution in [0, 0.1) is 0 Å². The third kappa shape index (κ3) is 16.7. The van der Waals surface area contributed by atoms with Crippen molar-refractivity contribution < 1.29 is 13.3 Å². The molecule has 1 aliphatic rings. The van der Waals surface area contributed by atoms with Gasteiger partial charge in [-0.3, -0.25) is 0 Å². The van der Waals surface area contributed by atoms with Crippen LogP contribution in [0.25, 0.3) is 0 Å². The fourth-order valence-electron chi connectivity index (χ4n) is 3.18. The lowest BCUT2D eigenvalue weighted by Gasteiger charge is -2.33. The van der Waals surface area contributed by atoms with E-state index in [0.717, 1.165) is 5.75 Å². The van der Waals surface area contributed by atoms with Crippen molar-refractivity contribution in [1.29, 1.82) is 0 Å². The molecular weight excluding hydrogens is 457 g/mol. The van der Waals surface area contributed by atoms with Crippen molar-refractivity contribution in [3.05, 3.63) is 0 Å². The van der Waals surface area contributed by atoms with Crippen LogP contribution < -0.4 is 0 Å². The van der Waals surface area contributed by atoms with Gasteiger partial charge in [-0.25, -0.2) is 0 Å². The van der Waals surface area contributed by atoms with Crippen molar-refractivity contribution in [3.63, 3.8) is 0 Å². The van der Waals surface area contributed by atoms with E-state index in [2.05, 4.69) is 18.6 Å². The quantitative estimate of drug-likeness (QED) is 0.127. The monoisotopic (exact) mass is 504 g/mol. The Hall–Kier alpha value is 1.50. The maximum atomic E-state index is 5.82. The lowest BCUT2D eigenvalue weighted by Crippen LogP contribution is -2.44. The van der Waals surface area contributed by atoms with Crippen LogP contribution in [0.15, 0.2) is 0 Å². The average Bonchev–Trinajstić information content (AvgIpc) is 2.69. The highest BCUT2D eigenvalue weighted by atomic mass is 33.8. The third-order valence-electron chi connectivity index (χ3n) is 4.63. The topological polar surface area (TPSA) is 27.7 Å². The molecular formula is C21H48O3S4Si. The van der Waals surface area contributed by atoms with E-state index in [0.29, 0.717) is 19.8 Å². The van der Waals surface area contributed by atoms with Gasteiger partial charge in [-0.15, -0.1) is 11.7 Å². The largest absolute Gasteiger partial charge is 0.572 e. The molecule has 178 valence electrons. The van der Waals surface area contributed by atoms with Gasteiger partial charge in [0.05, 0.1) is 0 Å². The SMILES string of the molecule is C1CCCCCCCCCCC1.CCCSS[SH](S)[Si](OCC)(OCC)OCC. The summed E-state index contributed by atoms with van der Waals surface area (Å²) in [5.41, 5.74) is 0. The molecule has 0 bridgehead atoms.